The largest absolute Gasteiger partial charge is 0.480 e. The van der Waals surface area contributed by atoms with Crippen LogP contribution >= 0.6 is 11.8 Å². The van der Waals surface area contributed by atoms with Crippen LogP contribution in [0.5, 0.6) is 0 Å². The van der Waals surface area contributed by atoms with Crippen LogP contribution in [0.25, 0.3) is 0 Å². The first-order chi connectivity index (χ1) is 16.3. The molecule has 200 valence electrons. The second-order valence-corrected chi connectivity index (χ2v) is 9.53. The van der Waals surface area contributed by atoms with Crippen LogP contribution in [0.3, 0.4) is 0 Å². The molecular weight excluding hydrogens is 480 g/mol. The number of amides is 5. The van der Waals surface area contributed by atoms with Crippen molar-refractivity contribution in [3.63, 3.8) is 0 Å². The molecule has 0 heterocycles. The molecule has 0 saturated carbocycles. The van der Waals surface area contributed by atoms with Crippen molar-refractivity contribution in [1.82, 2.24) is 16.0 Å². The van der Waals surface area contributed by atoms with Crippen molar-refractivity contribution < 1.29 is 33.9 Å². The number of primary amides is 2. The zero-order chi connectivity index (χ0) is 27.1. The molecular formula is C21H38N6O7S. The minimum atomic E-state index is -1.32. The molecule has 14 heteroatoms. The van der Waals surface area contributed by atoms with Crippen LogP contribution in [0.4, 0.5) is 0 Å². The van der Waals surface area contributed by atoms with Crippen LogP contribution in [0.1, 0.15) is 52.4 Å². The first-order valence-electron chi connectivity index (χ1n) is 11.2. The van der Waals surface area contributed by atoms with E-state index < -0.39 is 59.7 Å². The zero-order valence-electron chi connectivity index (χ0n) is 20.4. The number of carbonyl (C=O) groups excluding carboxylic acids is 5. The molecule has 0 spiro atoms. The molecule has 13 nitrogen and oxygen atoms in total. The number of aliphatic carboxylic acids is 1. The van der Waals surface area contributed by atoms with Gasteiger partial charge in [-0.25, -0.2) is 4.79 Å². The number of hydrogen-bond acceptors (Lipinski definition) is 8. The minimum Gasteiger partial charge on any atom is -0.480 e. The van der Waals surface area contributed by atoms with Crippen molar-refractivity contribution in [2.24, 2.45) is 23.1 Å². The van der Waals surface area contributed by atoms with Gasteiger partial charge in [-0.2, -0.15) is 11.8 Å². The number of carboxylic acids is 1. The summed E-state index contributed by atoms with van der Waals surface area (Å²) in [6, 6.07) is -4.67. The molecule has 0 radical (unpaired) electrons. The summed E-state index contributed by atoms with van der Waals surface area (Å²) in [5.41, 5.74) is 16.2. The Morgan fingerprint density at radius 2 is 1.20 bits per heavy atom. The standard InChI is InChI=1S/C21H38N6O7S/c1-11(2)10-15(21(33)34)27-20(32)14(5-7-17(24)29)26-19(31)13(4-6-16(23)28)25-18(30)12(22)8-9-35-3/h11-15H,4-10,22H2,1-3H3,(H2,23,28)(H2,24,29)(H,25,30)(H,26,31)(H,27,32)(H,33,34). The normalized spacial score (nSPS) is 14.3. The van der Waals surface area contributed by atoms with Gasteiger partial charge in [-0.3, -0.25) is 24.0 Å². The van der Waals surface area contributed by atoms with Gasteiger partial charge in [-0.05, 0) is 43.6 Å². The molecule has 5 amide bonds. The van der Waals surface area contributed by atoms with Gasteiger partial charge >= 0.3 is 5.97 Å². The Labute approximate surface area is 209 Å². The van der Waals surface area contributed by atoms with Gasteiger partial charge in [0.25, 0.3) is 0 Å². The van der Waals surface area contributed by atoms with Gasteiger partial charge in [0.15, 0.2) is 0 Å². The maximum absolute atomic E-state index is 12.9. The summed E-state index contributed by atoms with van der Waals surface area (Å²) >= 11 is 1.49. The van der Waals surface area contributed by atoms with E-state index in [1.807, 2.05) is 6.26 Å². The number of rotatable bonds is 18. The van der Waals surface area contributed by atoms with Crippen molar-refractivity contribution in [2.45, 2.75) is 76.5 Å². The fraction of sp³-hybridized carbons (Fsp3) is 0.714. The van der Waals surface area contributed by atoms with Crippen LogP contribution in [0, 0.1) is 5.92 Å². The van der Waals surface area contributed by atoms with Crippen molar-refractivity contribution in [3.8, 4) is 0 Å². The fourth-order valence-electron chi connectivity index (χ4n) is 3.00. The lowest BCUT2D eigenvalue weighted by Gasteiger charge is -2.25. The Morgan fingerprint density at radius 3 is 1.57 bits per heavy atom. The highest BCUT2D eigenvalue weighted by Crippen LogP contribution is 2.08. The monoisotopic (exact) mass is 518 g/mol. The second-order valence-electron chi connectivity index (χ2n) is 8.55. The summed E-state index contributed by atoms with van der Waals surface area (Å²) < 4.78 is 0. The SMILES string of the molecule is CSCCC(N)C(=O)NC(CCC(N)=O)C(=O)NC(CCC(N)=O)C(=O)NC(CC(C)C)C(=O)O. The Balaban J connectivity index is 5.60. The van der Waals surface area contributed by atoms with E-state index in [0.29, 0.717) is 12.2 Å². The van der Waals surface area contributed by atoms with Crippen molar-refractivity contribution in [2.75, 3.05) is 12.0 Å². The third-order valence-electron chi connectivity index (χ3n) is 4.92. The predicted molar refractivity (Wildman–Crippen MR) is 131 cm³/mol. The highest BCUT2D eigenvalue weighted by atomic mass is 32.2. The van der Waals surface area contributed by atoms with Crippen molar-refractivity contribution in [1.29, 1.82) is 0 Å². The predicted octanol–water partition coefficient (Wildman–Crippen LogP) is -1.82. The summed E-state index contributed by atoms with van der Waals surface area (Å²) in [6.07, 6.45) is 1.49. The van der Waals surface area contributed by atoms with E-state index in [0.717, 1.165) is 0 Å². The molecule has 0 fully saturated rings. The molecule has 0 aliphatic heterocycles. The van der Waals surface area contributed by atoms with E-state index in [2.05, 4.69) is 16.0 Å². The first-order valence-corrected chi connectivity index (χ1v) is 12.6. The van der Waals surface area contributed by atoms with Gasteiger partial charge in [-0.1, -0.05) is 13.8 Å². The summed E-state index contributed by atoms with van der Waals surface area (Å²) in [6.45, 7) is 3.56. The van der Waals surface area contributed by atoms with Gasteiger partial charge in [0.2, 0.25) is 29.5 Å². The molecule has 0 aromatic heterocycles. The van der Waals surface area contributed by atoms with E-state index in [1.54, 1.807) is 13.8 Å². The average Bonchev–Trinajstić information content (AvgIpc) is 2.75. The van der Waals surface area contributed by atoms with Crippen molar-refractivity contribution >= 4 is 47.3 Å². The summed E-state index contributed by atoms with van der Waals surface area (Å²) in [5, 5.41) is 16.6. The molecule has 10 N–H and O–H groups in total. The lowest BCUT2D eigenvalue weighted by Crippen LogP contribution is -2.57. The quantitative estimate of drug-likeness (QED) is 0.108. The van der Waals surface area contributed by atoms with Crippen LogP contribution in [-0.2, 0) is 28.8 Å². The molecule has 0 aliphatic rings. The molecule has 0 aromatic rings. The molecule has 0 saturated heterocycles. The molecule has 0 aromatic carbocycles. The third-order valence-corrected chi connectivity index (χ3v) is 5.56. The molecule has 0 rings (SSSR count). The van der Waals surface area contributed by atoms with Crippen LogP contribution in [0.2, 0.25) is 0 Å². The first kappa shape index (κ1) is 32.1. The number of hydrogen-bond donors (Lipinski definition) is 7. The summed E-state index contributed by atoms with van der Waals surface area (Å²) in [7, 11) is 0. The highest BCUT2D eigenvalue weighted by Gasteiger charge is 2.30. The molecule has 4 atom stereocenters. The fourth-order valence-corrected chi connectivity index (χ4v) is 3.49. The van der Waals surface area contributed by atoms with E-state index >= 15 is 0 Å². The molecule has 0 bridgehead atoms. The highest BCUT2D eigenvalue weighted by molar-refractivity contribution is 7.98. The third kappa shape index (κ3) is 14.2. The van der Waals surface area contributed by atoms with Crippen LogP contribution < -0.4 is 33.2 Å². The maximum atomic E-state index is 12.9. The topological polar surface area (TPSA) is 237 Å². The van der Waals surface area contributed by atoms with E-state index in [9.17, 15) is 33.9 Å². The number of carbonyl (C=O) groups is 6. The van der Waals surface area contributed by atoms with Crippen molar-refractivity contribution in [3.05, 3.63) is 0 Å². The van der Waals surface area contributed by atoms with Gasteiger partial charge in [0.1, 0.15) is 18.1 Å². The molecule has 35 heavy (non-hydrogen) atoms. The Morgan fingerprint density at radius 1 is 0.771 bits per heavy atom. The lowest BCUT2D eigenvalue weighted by molar-refractivity contribution is -0.143. The van der Waals surface area contributed by atoms with Gasteiger partial charge in [-0.15, -0.1) is 0 Å². The number of carboxylic acid groups (broad SMARTS) is 1. The maximum Gasteiger partial charge on any atom is 0.326 e. The molecule has 4 unspecified atom stereocenters. The van der Waals surface area contributed by atoms with E-state index in [1.165, 1.54) is 11.8 Å². The number of nitrogens with two attached hydrogens (primary N) is 3. The number of nitrogens with one attached hydrogen (secondary N) is 3. The second kappa shape index (κ2) is 16.7. The van der Waals surface area contributed by atoms with Gasteiger partial charge in [0.05, 0.1) is 6.04 Å². The van der Waals surface area contributed by atoms with Gasteiger partial charge < -0.3 is 38.3 Å². The minimum absolute atomic E-state index is 0.0428. The zero-order valence-corrected chi connectivity index (χ0v) is 21.2. The number of thioether (sulfide) groups is 1. The molecule has 0 aliphatic carbocycles. The Kier molecular flexibility index (Phi) is 15.3. The van der Waals surface area contributed by atoms with Crippen LogP contribution in [0.15, 0.2) is 0 Å². The van der Waals surface area contributed by atoms with E-state index in [-0.39, 0.29) is 38.0 Å². The lowest BCUT2D eigenvalue weighted by atomic mass is 10.0. The van der Waals surface area contributed by atoms with E-state index in [4.69, 9.17) is 17.2 Å². The smallest absolute Gasteiger partial charge is 0.326 e. The average molecular weight is 519 g/mol. The Bertz CT molecular complexity index is 764. The Hall–Kier alpha value is -2.87. The summed E-state index contributed by atoms with van der Waals surface area (Å²) in [5.74, 6) is -4.39. The summed E-state index contributed by atoms with van der Waals surface area (Å²) in [4.78, 5) is 72.2. The van der Waals surface area contributed by atoms with Crippen LogP contribution in [-0.4, -0.2) is 76.8 Å². The van der Waals surface area contributed by atoms with Gasteiger partial charge in [0, 0.05) is 12.8 Å².